The van der Waals surface area contributed by atoms with Crippen LogP contribution in [0.5, 0.6) is 0 Å². The van der Waals surface area contributed by atoms with Crippen molar-refractivity contribution in [3.63, 3.8) is 0 Å². The number of aryl methyl sites for hydroxylation is 2. The lowest BCUT2D eigenvalue weighted by atomic mass is 10.1. The van der Waals surface area contributed by atoms with Crippen molar-refractivity contribution in [2.45, 2.75) is 25.0 Å². The van der Waals surface area contributed by atoms with E-state index in [1.54, 1.807) is 17.5 Å². The summed E-state index contributed by atoms with van der Waals surface area (Å²) in [6.45, 7) is 0. The predicted octanol–water partition coefficient (Wildman–Crippen LogP) is 3.74. The number of aromatic nitrogens is 4. The van der Waals surface area contributed by atoms with Crippen LogP contribution in [0.1, 0.15) is 22.7 Å². The first kappa shape index (κ1) is 19.1. The molecule has 0 radical (unpaired) electrons. The summed E-state index contributed by atoms with van der Waals surface area (Å²) in [6, 6.07) is 9.48. The third-order valence-corrected chi connectivity index (χ3v) is 7.18. The van der Waals surface area contributed by atoms with Crippen molar-refractivity contribution in [2.75, 3.05) is 11.1 Å². The van der Waals surface area contributed by atoms with Gasteiger partial charge in [-0.3, -0.25) is 14.7 Å². The van der Waals surface area contributed by atoms with Crippen LogP contribution in [0.15, 0.2) is 41.3 Å². The molecule has 0 saturated carbocycles. The zero-order chi connectivity index (χ0) is 20.5. The van der Waals surface area contributed by atoms with E-state index in [4.69, 9.17) is 0 Å². The van der Waals surface area contributed by atoms with Crippen molar-refractivity contribution in [1.82, 2.24) is 20.2 Å². The topological polar surface area (TPSA) is 104 Å². The number of aromatic amines is 2. The maximum absolute atomic E-state index is 12.5. The van der Waals surface area contributed by atoms with Gasteiger partial charge in [-0.05, 0) is 43.0 Å². The quantitative estimate of drug-likeness (QED) is 0.426. The fourth-order valence-corrected chi connectivity index (χ4v) is 5.70. The zero-order valence-electron chi connectivity index (χ0n) is 16.0. The Balaban J connectivity index is 1.21. The Hall–Kier alpha value is -2.91. The highest BCUT2D eigenvalue weighted by atomic mass is 32.2. The van der Waals surface area contributed by atoms with Gasteiger partial charge in [0.15, 0.2) is 0 Å². The van der Waals surface area contributed by atoms with E-state index >= 15 is 0 Å². The standard InChI is InChI=1S/C21H19N5O2S2/c27-18(23-13-4-1-3-12(9-13)15-7-8-22-26-15)11-29-10-17-24-20(28)19-14-5-2-6-16(14)30-21(19)25-17/h1,3-4,7-9H,2,5-6,10-11H2,(H,22,26)(H,23,27)(H,24,25,28). The smallest absolute Gasteiger partial charge is 0.259 e. The summed E-state index contributed by atoms with van der Waals surface area (Å²) in [7, 11) is 0. The summed E-state index contributed by atoms with van der Waals surface area (Å²) < 4.78 is 0. The van der Waals surface area contributed by atoms with E-state index in [1.165, 1.54) is 22.2 Å². The van der Waals surface area contributed by atoms with Crippen LogP contribution >= 0.6 is 23.1 Å². The zero-order valence-corrected chi connectivity index (χ0v) is 17.7. The van der Waals surface area contributed by atoms with Crippen LogP contribution < -0.4 is 10.9 Å². The molecule has 0 saturated heterocycles. The second-order valence-electron chi connectivity index (χ2n) is 7.14. The lowest BCUT2D eigenvalue weighted by Crippen LogP contribution is -2.15. The summed E-state index contributed by atoms with van der Waals surface area (Å²) in [5.41, 5.74) is 3.70. The Bertz CT molecular complexity index is 1280. The van der Waals surface area contributed by atoms with E-state index in [0.717, 1.165) is 46.4 Å². The fraction of sp³-hybridized carbons (Fsp3) is 0.238. The molecular weight excluding hydrogens is 418 g/mol. The number of nitrogens with zero attached hydrogens (tertiary/aromatic N) is 2. The molecule has 0 bridgehead atoms. The number of thioether (sulfide) groups is 1. The molecule has 1 amide bonds. The molecule has 5 rings (SSSR count). The van der Waals surface area contributed by atoms with Crippen molar-refractivity contribution in [3.8, 4) is 11.3 Å². The minimum absolute atomic E-state index is 0.0601. The Morgan fingerprint density at radius 1 is 1.27 bits per heavy atom. The van der Waals surface area contributed by atoms with Crippen LogP contribution in [0.25, 0.3) is 21.5 Å². The van der Waals surface area contributed by atoms with Crippen molar-refractivity contribution in [1.29, 1.82) is 0 Å². The second kappa shape index (κ2) is 8.08. The number of amides is 1. The molecule has 1 aromatic carbocycles. The van der Waals surface area contributed by atoms with Crippen LogP contribution in [-0.4, -0.2) is 31.8 Å². The van der Waals surface area contributed by atoms with Crippen molar-refractivity contribution in [2.24, 2.45) is 0 Å². The molecule has 0 atom stereocenters. The molecule has 4 aromatic rings. The number of hydrogen-bond acceptors (Lipinski definition) is 6. The molecule has 1 aliphatic carbocycles. The van der Waals surface area contributed by atoms with E-state index in [1.807, 2.05) is 30.3 Å². The molecule has 152 valence electrons. The lowest BCUT2D eigenvalue weighted by Gasteiger charge is -2.07. The van der Waals surface area contributed by atoms with Crippen LogP contribution in [0.4, 0.5) is 5.69 Å². The van der Waals surface area contributed by atoms with Crippen molar-refractivity contribution in [3.05, 3.63) is 63.1 Å². The molecule has 3 N–H and O–H groups in total. The molecule has 3 aromatic heterocycles. The van der Waals surface area contributed by atoms with Crippen molar-refractivity contribution >= 4 is 44.9 Å². The SMILES string of the molecule is O=C(CSCc1nc2sc3c(c2c(=O)[nH]1)CCC3)Nc1cccc(-c2ccn[nH]2)c1. The molecule has 3 heterocycles. The fourth-order valence-electron chi connectivity index (χ4n) is 3.73. The van der Waals surface area contributed by atoms with Gasteiger partial charge >= 0.3 is 0 Å². The average molecular weight is 438 g/mol. The Morgan fingerprint density at radius 2 is 2.20 bits per heavy atom. The van der Waals surface area contributed by atoms with E-state index < -0.39 is 0 Å². The second-order valence-corrected chi connectivity index (χ2v) is 9.21. The Labute approximate surface area is 180 Å². The van der Waals surface area contributed by atoms with Gasteiger partial charge in [-0.1, -0.05) is 12.1 Å². The number of anilines is 1. The number of carbonyl (C=O) groups excluding carboxylic acids is 1. The number of nitrogens with one attached hydrogen (secondary N) is 3. The summed E-state index contributed by atoms with van der Waals surface area (Å²) in [5.74, 6) is 1.28. The van der Waals surface area contributed by atoms with Gasteiger partial charge in [-0.15, -0.1) is 23.1 Å². The van der Waals surface area contributed by atoms with Gasteiger partial charge in [0.05, 0.1) is 22.6 Å². The largest absolute Gasteiger partial charge is 0.325 e. The van der Waals surface area contributed by atoms with Crippen molar-refractivity contribution < 1.29 is 4.79 Å². The maximum Gasteiger partial charge on any atom is 0.259 e. The van der Waals surface area contributed by atoms with Gasteiger partial charge in [0, 0.05) is 22.3 Å². The molecule has 0 fully saturated rings. The highest BCUT2D eigenvalue weighted by Gasteiger charge is 2.21. The Kier molecular flexibility index (Phi) is 5.14. The first-order valence-electron chi connectivity index (χ1n) is 9.68. The van der Waals surface area contributed by atoms with Crippen LogP contribution in [0, 0.1) is 0 Å². The van der Waals surface area contributed by atoms with Gasteiger partial charge < -0.3 is 10.3 Å². The normalized spacial score (nSPS) is 12.9. The van der Waals surface area contributed by atoms with Crippen LogP contribution in [-0.2, 0) is 23.4 Å². The highest BCUT2D eigenvalue weighted by Crippen LogP contribution is 2.34. The van der Waals surface area contributed by atoms with Gasteiger partial charge in [-0.25, -0.2) is 4.98 Å². The molecule has 0 unspecified atom stereocenters. The third-order valence-electron chi connectivity index (χ3n) is 5.05. The maximum atomic E-state index is 12.5. The summed E-state index contributed by atoms with van der Waals surface area (Å²) in [5, 5.41) is 10.5. The molecule has 9 heteroatoms. The number of benzene rings is 1. The van der Waals surface area contributed by atoms with Gasteiger partial charge in [-0.2, -0.15) is 5.10 Å². The number of thiophene rings is 1. The number of rotatable bonds is 6. The van der Waals surface area contributed by atoms with E-state index in [9.17, 15) is 9.59 Å². The minimum atomic E-state index is -0.0970. The molecule has 1 aliphatic rings. The van der Waals surface area contributed by atoms with E-state index in [-0.39, 0.29) is 17.2 Å². The van der Waals surface area contributed by atoms with E-state index in [0.29, 0.717) is 11.6 Å². The first-order chi connectivity index (χ1) is 14.7. The average Bonchev–Trinajstić information content (AvgIpc) is 3.45. The highest BCUT2D eigenvalue weighted by molar-refractivity contribution is 7.99. The summed E-state index contributed by atoms with van der Waals surface area (Å²) >= 11 is 3.06. The number of carbonyl (C=O) groups is 1. The Morgan fingerprint density at radius 3 is 3.07 bits per heavy atom. The number of hydrogen-bond donors (Lipinski definition) is 3. The van der Waals surface area contributed by atoms with Crippen LogP contribution in [0.2, 0.25) is 0 Å². The van der Waals surface area contributed by atoms with Gasteiger partial charge in [0.1, 0.15) is 10.7 Å². The first-order valence-corrected chi connectivity index (χ1v) is 11.7. The number of H-pyrrole nitrogens is 2. The monoisotopic (exact) mass is 437 g/mol. The third kappa shape index (κ3) is 3.78. The molecule has 0 aliphatic heterocycles. The lowest BCUT2D eigenvalue weighted by molar-refractivity contribution is -0.113. The summed E-state index contributed by atoms with van der Waals surface area (Å²) in [4.78, 5) is 34.5. The van der Waals surface area contributed by atoms with Gasteiger partial charge in [0.2, 0.25) is 5.91 Å². The molecular formula is C21H19N5O2S2. The minimum Gasteiger partial charge on any atom is -0.325 e. The molecule has 7 nitrogen and oxygen atoms in total. The van der Waals surface area contributed by atoms with Crippen LogP contribution in [0.3, 0.4) is 0 Å². The molecule has 0 spiro atoms. The molecule has 30 heavy (non-hydrogen) atoms. The van der Waals surface area contributed by atoms with E-state index in [2.05, 4.69) is 25.5 Å². The predicted molar refractivity (Wildman–Crippen MR) is 121 cm³/mol. The van der Waals surface area contributed by atoms with Gasteiger partial charge in [0.25, 0.3) is 5.56 Å². The summed E-state index contributed by atoms with van der Waals surface area (Å²) in [6.07, 6.45) is 4.82. The number of fused-ring (bicyclic) bond motifs is 3.